The summed E-state index contributed by atoms with van der Waals surface area (Å²) < 4.78 is 23.8. The van der Waals surface area contributed by atoms with Crippen LogP contribution in [0.15, 0.2) is 0 Å². The number of nitrogens with zero attached hydrogens (tertiary/aromatic N) is 1. The maximum Gasteiger partial charge on any atom is 0.305 e. The molecule has 9 heteroatoms. The van der Waals surface area contributed by atoms with E-state index in [4.69, 9.17) is 18.9 Å². The number of hydrogen-bond donors (Lipinski definition) is 1. The molecule has 359 valence electrons. The second kappa shape index (κ2) is 45.4. The summed E-state index contributed by atoms with van der Waals surface area (Å²) in [4.78, 5) is 27.5. The van der Waals surface area contributed by atoms with Gasteiger partial charge in [0.05, 0.1) is 32.5 Å². The van der Waals surface area contributed by atoms with Crippen LogP contribution in [0.5, 0.6) is 0 Å². The predicted molar refractivity (Wildman–Crippen MR) is 260 cm³/mol. The largest absolute Gasteiger partial charge is 0.465 e. The van der Waals surface area contributed by atoms with Crippen LogP contribution in [0.25, 0.3) is 0 Å². The molecule has 8 nitrogen and oxygen atoms in total. The zero-order valence-corrected chi connectivity index (χ0v) is 41.1. The first-order valence-electron chi connectivity index (χ1n) is 26.8. The fraction of sp³-hybridized carbons (Fsp3) is 0.962. The van der Waals surface area contributed by atoms with Crippen molar-refractivity contribution < 1.29 is 28.5 Å². The number of esters is 2. The molecule has 0 spiro atoms. The molecule has 0 aromatic heterocycles. The van der Waals surface area contributed by atoms with Crippen molar-refractivity contribution in [3.05, 3.63) is 0 Å². The molecule has 0 aromatic rings. The first kappa shape index (κ1) is 57.9. The Hall–Kier alpha value is -1.16. The van der Waals surface area contributed by atoms with Crippen molar-refractivity contribution in [2.24, 2.45) is 11.8 Å². The number of unbranched alkanes of at least 4 members (excludes halogenated alkanes) is 16. The third kappa shape index (κ3) is 39.0. The van der Waals surface area contributed by atoms with Crippen molar-refractivity contribution in [1.29, 1.82) is 0 Å². The lowest BCUT2D eigenvalue weighted by Gasteiger charge is -2.20. The van der Waals surface area contributed by atoms with E-state index in [2.05, 4.69) is 45.2 Å². The van der Waals surface area contributed by atoms with Crippen molar-refractivity contribution in [2.75, 3.05) is 65.8 Å². The highest BCUT2D eigenvalue weighted by Crippen LogP contribution is 2.20. The van der Waals surface area contributed by atoms with Gasteiger partial charge in [0.2, 0.25) is 0 Å². The zero-order valence-electron chi connectivity index (χ0n) is 41.1. The lowest BCUT2D eigenvalue weighted by molar-refractivity contribution is -0.146. The first-order chi connectivity index (χ1) is 30.0. The van der Waals surface area contributed by atoms with Gasteiger partial charge in [0.1, 0.15) is 7.28 Å². The fourth-order valence-electron chi connectivity index (χ4n) is 8.53. The zero-order chi connectivity index (χ0) is 44.1. The number of rotatable bonds is 48. The molecule has 1 radical (unpaired) electrons. The van der Waals surface area contributed by atoms with Crippen LogP contribution in [0.2, 0.25) is 12.6 Å². The van der Waals surface area contributed by atoms with Crippen LogP contribution in [0.1, 0.15) is 227 Å². The Morgan fingerprint density at radius 2 is 1.00 bits per heavy atom. The van der Waals surface area contributed by atoms with Crippen molar-refractivity contribution >= 4 is 19.2 Å². The van der Waals surface area contributed by atoms with Crippen LogP contribution in [-0.2, 0) is 28.5 Å². The van der Waals surface area contributed by atoms with Gasteiger partial charge in [0.15, 0.2) is 0 Å². The maximum atomic E-state index is 12.5. The molecular weight excluding hydrogens is 759 g/mol. The fourth-order valence-corrected chi connectivity index (χ4v) is 8.53. The number of hydrogen-bond acceptors (Lipinski definition) is 8. The summed E-state index contributed by atoms with van der Waals surface area (Å²) >= 11 is 0. The number of carbonyl (C=O) groups excluding carboxylic acids is 2. The minimum Gasteiger partial charge on any atom is -0.465 e. The Kier molecular flexibility index (Phi) is 43.1. The highest BCUT2D eigenvalue weighted by atomic mass is 16.5. The quantitative estimate of drug-likeness (QED) is 0.0368. The van der Waals surface area contributed by atoms with Crippen LogP contribution in [0.3, 0.4) is 0 Å². The van der Waals surface area contributed by atoms with E-state index in [9.17, 15) is 9.59 Å². The third-order valence-electron chi connectivity index (χ3n) is 12.7. The lowest BCUT2D eigenvalue weighted by atomic mass is 9.70. The van der Waals surface area contributed by atoms with Crippen LogP contribution in [0, 0.1) is 11.8 Å². The van der Waals surface area contributed by atoms with Gasteiger partial charge in [-0.05, 0) is 115 Å². The van der Waals surface area contributed by atoms with Crippen molar-refractivity contribution in [3.63, 3.8) is 0 Å². The Morgan fingerprint density at radius 1 is 0.525 bits per heavy atom. The average Bonchev–Trinajstić information content (AvgIpc) is 3.79. The molecule has 1 aliphatic heterocycles. The highest BCUT2D eigenvalue weighted by molar-refractivity contribution is 6.35. The lowest BCUT2D eigenvalue weighted by Crippen LogP contribution is -2.38. The Morgan fingerprint density at radius 3 is 1.52 bits per heavy atom. The number of ether oxygens (including phenoxy) is 4. The van der Waals surface area contributed by atoms with Crippen molar-refractivity contribution in [2.45, 2.75) is 245 Å². The topological polar surface area (TPSA) is 86.3 Å². The standard InChI is InChI=1S/C52H102BN2O6/c1-5-9-12-20-33-48(31-10-6-2)44-60-51(56)35-22-15-13-17-29-42-58-46-50(54-38-25-26-39-55-40-27-28-41-55)47-59-43-30-18-14-16-23-36-52(57)61-45-49(32-11-7-3)34-21-19-24-37-53-8-4/h48-50,54H,5-47H2,1-4H3. The predicted octanol–water partition coefficient (Wildman–Crippen LogP) is 13.3. The van der Waals surface area contributed by atoms with Crippen molar-refractivity contribution in [3.8, 4) is 0 Å². The smallest absolute Gasteiger partial charge is 0.305 e. The molecule has 0 saturated carbocycles. The molecule has 0 amide bonds. The summed E-state index contributed by atoms with van der Waals surface area (Å²) in [5.41, 5.74) is 0. The van der Waals surface area contributed by atoms with E-state index in [0.717, 1.165) is 84.0 Å². The number of carbonyl (C=O) groups is 2. The van der Waals surface area contributed by atoms with Crippen LogP contribution >= 0.6 is 0 Å². The van der Waals surface area contributed by atoms with Gasteiger partial charge in [-0.3, -0.25) is 9.59 Å². The van der Waals surface area contributed by atoms with Crippen molar-refractivity contribution in [1.82, 2.24) is 10.2 Å². The van der Waals surface area contributed by atoms with E-state index < -0.39 is 0 Å². The maximum absolute atomic E-state index is 12.5. The molecule has 3 unspecified atom stereocenters. The molecule has 1 heterocycles. The minimum atomic E-state index is -0.0114. The number of likely N-dealkylation sites (tertiary alicyclic amines) is 1. The van der Waals surface area contributed by atoms with Gasteiger partial charge in [0, 0.05) is 26.1 Å². The van der Waals surface area contributed by atoms with Gasteiger partial charge in [-0.15, -0.1) is 0 Å². The Bertz CT molecular complexity index is 938. The molecule has 1 saturated heterocycles. The van der Waals surface area contributed by atoms with Crippen LogP contribution < -0.4 is 5.32 Å². The number of nitrogens with one attached hydrogen (secondary N) is 1. The van der Waals surface area contributed by atoms with Gasteiger partial charge in [-0.1, -0.05) is 149 Å². The molecule has 1 rings (SSSR count). The second-order valence-electron chi connectivity index (χ2n) is 18.7. The van der Waals surface area contributed by atoms with Gasteiger partial charge >= 0.3 is 11.9 Å². The molecule has 1 fully saturated rings. The normalized spacial score (nSPS) is 14.6. The van der Waals surface area contributed by atoms with E-state index in [-0.39, 0.29) is 18.0 Å². The SMILES string of the molecule is CC[B]CCCCCC(CCCC)COC(=O)CCCCCCCOCC(COCCCCCCCC(=O)OCC(CCCC)CCCCCC)NCCCCN1CCCC1. The van der Waals surface area contributed by atoms with E-state index >= 15 is 0 Å². The van der Waals surface area contributed by atoms with Crippen LogP contribution in [-0.4, -0.2) is 96.0 Å². The first-order valence-corrected chi connectivity index (χ1v) is 26.8. The minimum absolute atomic E-state index is 0.0106. The van der Waals surface area contributed by atoms with E-state index in [1.807, 2.05) is 0 Å². The summed E-state index contributed by atoms with van der Waals surface area (Å²) in [6.45, 7) is 17.9. The third-order valence-corrected chi connectivity index (χ3v) is 12.7. The summed E-state index contributed by atoms with van der Waals surface area (Å²) in [6.07, 6.45) is 37.8. The summed E-state index contributed by atoms with van der Waals surface area (Å²) in [6, 6.07) is 0.215. The summed E-state index contributed by atoms with van der Waals surface area (Å²) in [5.74, 6) is 1.03. The van der Waals surface area contributed by atoms with E-state index in [1.165, 1.54) is 154 Å². The Balaban J connectivity index is 2.20. The molecule has 0 aliphatic carbocycles. The molecule has 1 N–H and O–H groups in total. The van der Waals surface area contributed by atoms with Gasteiger partial charge < -0.3 is 29.2 Å². The van der Waals surface area contributed by atoms with E-state index in [1.54, 1.807) is 0 Å². The monoisotopic (exact) mass is 862 g/mol. The summed E-state index contributed by atoms with van der Waals surface area (Å²) in [7, 11) is 2.38. The van der Waals surface area contributed by atoms with Gasteiger partial charge in [0.25, 0.3) is 0 Å². The molecule has 0 aromatic carbocycles. The molecule has 0 bridgehead atoms. The molecule has 3 atom stereocenters. The van der Waals surface area contributed by atoms with Gasteiger partial charge in [-0.25, -0.2) is 0 Å². The van der Waals surface area contributed by atoms with Crippen LogP contribution in [0.4, 0.5) is 0 Å². The molecule has 1 aliphatic rings. The molecule has 61 heavy (non-hydrogen) atoms. The second-order valence-corrected chi connectivity index (χ2v) is 18.7. The summed E-state index contributed by atoms with van der Waals surface area (Å²) in [5, 5.41) is 3.73. The highest BCUT2D eigenvalue weighted by Gasteiger charge is 2.15. The van der Waals surface area contributed by atoms with Gasteiger partial charge in [-0.2, -0.15) is 0 Å². The Labute approximate surface area is 379 Å². The van der Waals surface area contributed by atoms with E-state index in [0.29, 0.717) is 51.1 Å². The molecular formula is C52H102BN2O6. The average molecular weight is 862 g/mol.